The molecule has 20 heavy (non-hydrogen) atoms. The first kappa shape index (κ1) is 16.6. The van der Waals surface area contributed by atoms with Crippen molar-refractivity contribution in [1.82, 2.24) is 0 Å². The third-order valence-electron chi connectivity index (χ3n) is 3.25. The first-order chi connectivity index (χ1) is 9.32. The van der Waals surface area contributed by atoms with Crippen molar-refractivity contribution >= 4 is 29.3 Å². The Morgan fingerprint density at radius 2 is 2.05 bits per heavy atom. The van der Waals surface area contributed by atoms with Gasteiger partial charge < -0.3 is 10.0 Å². The number of aliphatic carboxylic acids is 1. The second kappa shape index (κ2) is 7.34. The molecule has 0 heterocycles. The van der Waals surface area contributed by atoms with Crippen LogP contribution in [0.25, 0.3) is 6.08 Å². The molecule has 0 aliphatic rings. The summed E-state index contributed by atoms with van der Waals surface area (Å²) in [4.78, 5) is 12.8. The zero-order chi connectivity index (χ0) is 15.3. The minimum atomic E-state index is -0.964. The number of carboxylic acid groups (broad SMARTS) is 1. The van der Waals surface area contributed by atoms with E-state index in [2.05, 4.69) is 25.7 Å². The van der Waals surface area contributed by atoms with Crippen LogP contribution in [0.2, 0.25) is 5.02 Å². The van der Waals surface area contributed by atoms with Crippen LogP contribution in [0.1, 0.15) is 32.8 Å². The number of nitrogens with zero attached hydrogens (tertiary/aromatic N) is 1. The molecule has 0 amide bonds. The molecule has 0 saturated heterocycles. The van der Waals surface area contributed by atoms with Crippen LogP contribution < -0.4 is 4.90 Å². The standard InChI is InChI=1S/C16H22ClNO2/c1-11(2)10-12(3)18(4)16-13(8-9-15(19)20)6-5-7-14(16)17/h5-9,11-12H,10H2,1-4H3,(H,19,20)/b9-8+. The molecule has 0 fully saturated rings. The maximum absolute atomic E-state index is 10.7. The summed E-state index contributed by atoms with van der Waals surface area (Å²) in [7, 11) is 1.99. The van der Waals surface area contributed by atoms with Gasteiger partial charge in [0.15, 0.2) is 0 Å². The molecule has 0 radical (unpaired) electrons. The molecule has 0 aromatic heterocycles. The molecule has 1 atom stereocenters. The quantitative estimate of drug-likeness (QED) is 0.795. The van der Waals surface area contributed by atoms with E-state index in [4.69, 9.17) is 16.7 Å². The molecule has 1 aromatic rings. The van der Waals surface area contributed by atoms with Gasteiger partial charge in [0.25, 0.3) is 0 Å². The molecule has 1 N–H and O–H groups in total. The highest BCUT2D eigenvalue weighted by atomic mass is 35.5. The molecule has 0 aliphatic carbocycles. The SMILES string of the molecule is CC(C)CC(C)N(C)c1c(Cl)cccc1/C=C/C(=O)O. The summed E-state index contributed by atoms with van der Waals surface area (Å²) in [6.45, 7) is 6.51. The normalized spacial score (nSPS) is 12.9. The fraction of sp³-hybridized carbons (Fsp3) is 0.438. The summed E-state index contributed by atoms with van der Waals surface area (Å²) in [5.41, 5.74) is 1.69. The maximum Gasteiger partial charge on any atom is 0.328 e. The number of halogens is 1. The molecule has 0 aliphatic heterocycles. The van der Waals surface area contributed by atoms with Crippen molar-refractivity contribution in [2.45, 2.75) is 33.2 Å². The van der Waals surface area contributed by atoms with Gasteiger partial charge in [-0.15, -0.1) is 0 Å². The fourth-order valence-corrected chi connectivity index (χ4v) is 2.58. The summed E-state index contributed by atoms with van der Waals surface area (Å²) < 4.78 is 0. The van der Waals surface area contributed by atoms with E-state index < -0.39 is 5.97 Å². The van der Waals surface area contributed by atoms with E-state index in [-0.39, 0.29) is 0 Å². The van der Waals surface area contributed by atoms with Gasteiger partial charge in [0, 0.05) is 19.2 Å². The molecule has 4 heteroatoms. The van der Waals surface area contributed by atoms with Crippen molar-refractivity contribution in [3.8, 4) is 0 Å². The fourth-order valence-electron chi connectivity index (χ4n) is 2.26. The number of para-hydroxylation sites is 1. The molecule has 3 nitrogen and oxygen atoms in total. The molecular formula is C16H22ClNO2. The zero-order valence-corrected chi connectivity index (χ0v) is 13.2. The van der Waals surface area contributed by atoms with Crippen molar-refractivity contribution in [2.75, 3.05) is 11.9 Å². The van der Waals surface area contributed by atoms with Gasteiger partial charge in [0.1, 0.15) is 0 Å². The van der Waals surface area contributed by atoms with Gasteiger partial charge in [-0.05, 0) is 37.0 Å². The predicted octanol–water partition coefficient (Wildman–Crippen LogP) is 4.31. The van der Waals surface area contributed by atoms with Gasteiger partial charge in [-0.3, -0.25) is 0 Å². The number of hydrogen-bond donors (Lipinski definition) is 1. The van der Waals surface area contributed by atoms with E-state index in [0.717, 1.165) is 23.7 Å². The first-order valence-corrected chi connectivity index (χ1v) is 7.13. The van der Waals surface area contributed by atoms with Crippen LogP contribution in [-0.4, -0.2) is 24.2 Å². The lowest BCUT2D eigenvalue weighted by molar-refractivity contribution is -0.131. The Bertz CT molecular complexity index is 497. The van der Waals surface area contributed by atoms with Gasteiger partial charge in [0.05, 0.1) is 10.7 Å². The summed E-state index contributed by atoms with van der Waals surface area (Å²) in [6.07, 6.45) is 3.77. The van der Waals surface area contributed by atoms with Crippen molar-refractivity contribution in [1.29, 1.82) is 0 Å². The average molecular weight is 296 g/mol. The van der Waals surface area contributed by atoms with E-state index in [9.17, 15) is 4.79 Å². The topological polar surface area (TPSA) is 40.5 Å². The Hall–Kier alpha value is -1.48. The van der Waals surface area contributed by atoms with Crippen LogP contribution in [0.4, 0.5) is 5.69 Å². The highest BCUT2D eigenvalue weighted by Gasteiger charge is 2.16. The lowest BCUT2D eigenvalue weighted by Crippen LogP contribution is -2.30. The Labute approximate surface area is 125 Å². The second-order valence-corrected chi connectivity index (χ2v) is 5.85. The summed E-state index contributed by atoms with van der Waals surface area (Å²) in [5.74, 6) is -0.373. The van der Waals surface area contributed by atoms with E-state index in [0.29, 0.717) is 17.0 Å². The molecule has 1 rings (SSSR count). The minimum Gasteiger partial charge on any atom is -0.478 e. The molecule has 0 spiro atoms. The highest BCUT2D eigenvalue weighted by Crippen LogP contribution is 2.32. The van der Waals surface area contributed by atoms with E-state index in [1.165, 1.54) is 0 Å². The number of rotatable bonds is 6. The third kappa shape index (κ3) is 4.57. The van der Waals surface area contributed by atoms with Crippen molar-refractivity contribution in [2.24, 2.45) is 5.92 Å². The number of benzene rings is 1. The Morgan fingerprint density at radius 3 is 2.60 bits per heavy atom. The molecular weight excluding hydrogens is 274 g/mol. The van der Waals surface area contributed by atoms with Crippen LogP contribution in [0.5, 0.6) is 0 Å². The maximum atomic E-state index is 10.7. The van der Waals surface area contributed by atoms with Crippen molar-refractivity contribution in [3.05, 3.63) is 34.9 Å². The molecule has 0 saturated carbocycles. The lowest BCUT2D eigenvalue weighted by Gasteiger charge is -2.30. The van der Waals surface area contributed by atoms with Gasteiger partial charge in [-0.1, -0.05) is 37.6 Å². The third-order valence-corrected chi connectivity index (χ3v) is 3.55. The van der Waals surface area contributed by atoms with Crippen molar-refractivity contribution < 1.29 is 9.90 Å². The van der Waals surface area contributed by atoms with Gasteiger partial charge >= 0.3 is 5.97 Å². The van der Waals surface area contributed by atoms with Gasteiger partial charge in [0.2, 0.25) is 0 Å². The van der Waals surface area contributed by atoms with Crippen LogP contribution in [-0.2, 0) is 4.79 Å². The first-order valence-electron chi connectivity index (χ1n) is 6.75. The van der Waals surface area contributed by atoms with E-state index in [1.54, 1.807) is 6.08 Å². The van der Waals surface area contributed by atoms with Crippen LogP contribution >= 0.6 is 11.6 Å². The van der Waals surface area contributed by atoms with E-state index >= 15 is 0 Å². The van der Waals surface area contributed by atoms with Crippen molar-refractivity contribution in [3.63, 3.8) is 0 Å². The smallest absolute Gasteiger partial charge is 0.328 e. The number of hydrogen-bond acceptors (Lipinski definition) is 2. The monoisotopic (exact) mass is 295 g/mol. The minimum absolute atomic E-state index is 0.326. The Morgan fingerprint density at radius 1 is 1.40 bits per heavy atom. The Kier molecular flexibility index (Phi) is 6.08. The predicted molar refractivity (Wildman–Crippen MR) is 85.4 cm³/mol. The molecule has 110 valence electrons. The van der Waals surface area contributed by atoms with Gasteiger partial charge in [-0.2, -0.15) is 0 Å². The van der Waals surface area contributed by atoms with Crippen LogP contribution in [0.15, 0.2) is 24.3 Å². The molecule has 1 aromatic carbocycles. The number of anilines is 1. The summed E-state index contributed by atoms with van der Waals surface area (Å²) in [6, 6.07) is 5.85. The Balaban J connectivity index is 3.11. The zero-order valence-electron chi connectivity index (χ0n) is 12.4. The molecule has 1 unspecified atom stereocenters. The summed E-state index contributed by atoms with van der Waals surface area (Å²) >= 11 is 6.30. The number of carbonyl (C=O) groups is 1. The van der Waals surface area contributed by atoms with Crippen LogP contribution in [0, 0.1) is 5.92 Å². The van der Waals surface area contributed by atoms with E-state index in [1.807, 2.05) is 25.2 Å². The molecule has 0 bridgehead atoms. The second-order valence-electron chi connectivity index (χ2n) is 5.44. The van der Waals surface area contributed by atoms with Gasteiger partial charge in [-0.25, -0.2) is 4.79 Å². The number of carboxylic acids is 1. The average Bonchev–Trinajstić information content (AvgIpc) is 2.34. The van der Waals surface area contributed by atoms with Crippen LogP contribution in [0.3, 0.4) is 0 Å². The lowest BCUT2D eigenvalue weighted by atomic mass is 10.0. The summed E-state index contributed by atoms with van der Waals surface area (Å²) in [5, 5.41) is 9.40. The highest BCUT2D eigenvalue weighted by molar-refractivity contribution is 6.33. The largest absolute Gasteiger partial charge is 0.478 e.